The fourth-order valence-corrected chi connectivity index (χ4v) is 2.01. The van der Waals surface area contributed by atoms with E-state index in [9.17, 15) is 27.7 Å². The minimum Gasteiger partial charge on any atom is -0.462 e. The van der Waals surface area contributed by atoms with Crippen LogP contribution in [0.15, 0.2) is 17.0 Å². The number of esters is 1. The first-order valence-electron chi connectivity index (χ1n) is 5.72. The molecule has 0 saturated carbocycles. The molecule has 0 atom stereocenters. The fraction of sp³-hybridized carbons (Fsp3) is 0.364. The molecule has 0 aliphatic heterocycles. The van der Waals surface area contributed by atoms with Gasteiger partial charge in [-0.3, -0.25) is 10.1 Å². The van der Waals surface area contributed by atoms with E-state index in [1.807, 2.05) is 0 Å². The van der Waals surface area contributed by atoms with Crippen LogP contribution in [0.4, 0.5) is 10.1 Å². The van der Waals surface area contributed by atoms with Gasteiger partial charge in [0.05, 0.1) is 11.5 Å². The Bertz CT molecular complexity index is 686. The lowest BCUT2D eigenvalue weighted by molar-refractivity contribution is -0.385. The van der Waals surface area contributed by atoms with E-state index in [1.165, 1.54) is 0 Å². The molecule has 0 bridgehead atoms. The molecule has 0 saturated heterocycles. The largest absolute Gasteiger partial charge is 0.462 e. The number of halogens is 1. The predicted octanol–water partition coefficient (Wildman–Crippen LogP) is 1.19. The maximum absolute atomic E-state index is 14.0. The molecule has 0 fully saturated rings. The molecule has 0 aliphatic carbocycles. The van der Waals surface area contributed by atoms with Crippen molar-refractivity contribution >= 4 is 21.7 Å². The van der Waals surface area contributed by atoms with Crippen molar-refractivity contribution in [2.75, 3.05) is 6.61 Å². The van der Waals surface area contributed by atoms with E-state index in [0.29, 0.717) is 12.1 Å². The first-order chi connectivity index (χ1) is 9.54. The van der Waals surface area contributed by atoms with Gasteiger partial charge in [-0.25, -0.2) is 22.7 Å². The summed E-state index contributed by atoms with van der Waals surface area (Å²) >= 11 is 0. The molecule has 21 heavy (non-hydrogen) atoms. The number of ether oxygens (including phenoxy) is 1. The van der Waals surface area contributed by atoms with Crippen LogP contribution in [-0.4, -0.2) is 25.9 Å². The number of rotatable bonds is 5. The smallest absolute Gasteiger partial charge is 0.341 e. The first-order valence-corrected chi connectivity index (χ1v) is 7.26. The lowest BCUT2D eigenvalue weighted by atomic mass is 10.2. The molecule has 0 amide bonds. The van der Waals surface area contributed by atoms with Gasteiger partial charge in [0.25, 0.3) is 5.69 Å². The molecule has 1 rings (SSSR count). The van der Waals surface area contributed by atoms with Crippen molar-refractivity contribution in [2.45, 2.75) is 18.7 Å². The molecule has 0 aromatic heterocycles. The minimum atomic E-state index is -4.56. The van der Waals surface area contributed by atoms with Crippen LogP contribution in [-0.2, 0) is 14.8 Å². The van der Waals surface area contributed by atoms with Crippen molar-refractivity contribution < 1.29 is 27.3 Å². The average Bonchev–Trinajstić information content (AvgIpc) is 2.34. The Morgan fingerprint density at radius 1 is 1.48 bits per heavy atom. The van der Waals surface area contributed by atoms with Gasteiger partial charge in [-0.2, -0.15) is 0 Å². The molecule has 0 radical (unpaired) electrons. The number of nitro groups is 1. The number of benzene rings is 1. The van der Waals surface area contributed by atoms with Crippen LogP contribution in [0.5, 0.6) is 0 Å². The number of hydrogen-bond acceptors (Lipinski definition) is 6. The topological polar surface area (TPSA) is 130 Å². The number of non-ortho nitro benzene ring substituents is 1. The molecule has 8 nitrogen and oxygen atoms in total. The van der Waals surface area contributed by atoms with Crippen LogP contribution in [0.3, 0.4) is 0 Å². The number of primary sulfonamides is 1. The number of hydrogen-bond donors (Lipinski definition) is 1. The van der Waals surface area contributed by atoms with Gasteiger partial charge >= 0.3 is 5.97 Å². The number of carbonyl (C=O) groups excluding carboxylic acids is 1. The first kappa shape index (κ1) is 17.0. The number of nitrogens with two attached hydrogens (primary N) is 1. The molecule has 1 aromatic rings. The standard InChI is InChI=1S/C11H13FN2O6S/c1-6(2)5-20-11(15)8-3-7(14(16)17)4-9(10(8)12)21(13,18)19/h3-4,6H,5H2,1-2H3,(H2,13,18,19). The zero-order chi connectivity index (χ0) is 16.4. The fourth-order valence-electron chi connectivity index (χ4n) is 1.36. The van der Waals surface area contributed by atoms with Crippen LogP contribution in [0, 0.1) is 21.8 Å². The zero-order valence-electron chi connectivity index (χ0n) is 11.2. The molecule has 1 aromatic carbocycles. The van der Waals surface area contributed by atoms with Gasteiger partial charge in [0.15, 0.2) is 5.82 Å². The summed E-state index contributed by atoms with van der Waals surface area (Å²) in [6.45, 7) is 3.41. The third-order valence-corrected chi connectivity index (χ3v) is 3.22. The Morgan fingerprint density at radius 3 is 2.48 bits per heavy atom. The molecular weight excluding hydrogens is 307 g/mol. The highest BCUT2D eigenvalue weighted by Crippen LogP contribution is 2.25. The summed E-state index contributed by atoms with van der Waals surface area (Å²) in [6.07, 6.45) is 0. The second-order valence-corrected chi connectivity index (χ2v) is 6.13. The molecule has 2 N–H and O–H groups in total. The van der Waals surface area contributed by atoms with E-state index in [2.05, 4.69) is 0 Å². The summed E-state index contributed by atoms with van der Waals surface area (Å²) in [7, 11) is -4.56. The van der Waals surface area contributed by atoms with Gasteiger partial charge in [-0.05, 0) is 5.92 Å². The average molecular weight is 320 g/mol. The number of sulfonamides is 1. The van der Waals surface area contributed by atoms with Crippen LogP contribution >= 0.6 is 0 Å². The number of nitro benzene ring substituents is 1. The van der Waals surface area contributed by atoms with Gasteiger partial charge in [0.1, 0.15) is 10.5 Å². The lowest BCUT2D eigenvalue weighted by Crippen LogP contribution is -2.18. The van der Waals surface area contributed by atoms with Gasteiger partial charge in [0.2, 0.25) is 10.0 Å². The van der Waals surface area contributed by atoms with Crippen molar-refractivity contribution in [1.82, 2.24) is 0 Å². The van der Waals surface area contributed by atoms with Gasteiger partial charge in [-0.15, -0.1) is 0 Å². The summed E-state index contributed by atoms with van der Waals surface area (Å²) < 4.78 is 41.2. The summed E-state index contributed by atoms with van der Waals surface area (Å²) in [4.78, 5) is 20.3. The molecule has 10 heteroatoms. The molecule has 0 unspecified atom stereocenters. The summed E-state index contributed by atoms with van der Waals surface area (Å²) in [5.41, 5.74) is -1.63. The van der Waals surface area contributed by atoms with E-state index in [0.717, 1.165) is 0 Å². The lowest BCUT2D eigenvalue weighted by Gasteiger charge is -2.09. The Hall–Kier alpha value is -2.07. The highest BCUT2D eigenvalue weighted by atomic mass is 32.2. The van der Waals surface area contributed by atoms with E-state index < -0.39 is 42.9 Å². The summed E-state index contributed by atoms with van der Waals surface area (Å²) in [5.74, 6) is -2.72. The monoisotopic (exact) mass is 320 g/mol. The SMILES string of the molecule is CC(C)COC(=O)c1cc([N+](=O)[O-])cc(S(N)(=O)=O)c1F. The van der Waals surface area contributed by atoms with Crippen LogP contribution in [0.1, 0.15) is 24.2 Å². The highest BCUT2D eigenvalue weighted by Gasteiger charge is 2.27. The van der Waals surface area contributed by atoms with Crippen molar-refractivity contribution in [3.05, 3.63) is 33.6 Å². The third-order valence-electron chi connectivity index (χ3n) is 2.31. The quantitative estimate of drug-likeness (QED) is 0.493. The molecular formula is C11H13FN2O6S. The second-order valence-electron chi connectivity index (χ2n) is 4.60. The second kappa shape index (κ2) is 6.14. The Labute approximate surface area is 119 Å². The van der Waals surface area contributed by atoms with E-state index in [1.54, 1.807) is 13.8 Å². The van der Waals surface area contributed by atoms with E-state index in [4.69, 9.17) is 9.88 Å². The van der Waals surface area contributed by atoms with Crippen molar-refractivity contribution in [2.24, 2.45) is 11.1 Å². The maximum Gasteiger partial charge on any atom is 0.341 e. The minimum absolute atomic E-state index is 0.0478. The highest BCUT2D eigenvalue weighted by molar-refractivity contribution is 7.89. The molecule has 0 heterocycles. The van der Waals surface area contributed by atoms with Crippen molar-refractivity contribution in [1.29, 1.82) is 0 Å². The summed E-state index contributed by atoms with van der Waals surface area (Å²) in [5, 5.41) is 15.5. The Kier molecular flexibility index (Phi) is 4.97. The van der Waals surface area contributed by atoms with Gasteiger partial charge in [0, 0.05) is 12.1 Å². The summed E-state index contributed by atoms with van der Waals surface area (Å²) in [6, 6.07) is 1.05. The Morgan fingerprint density at radius 2 is 2.05 bits per heavy atom. The van der Waals surface area contributed by atoms with Crippen molar-refractivity contribution in [3.63, 3.8) is 0 Å². The van der Waals surface area contributed by atoms with Gasteiger partial charge < -0.3 is 4.74 Å². The van der Waals surface area contributed by atoms with Crippen LogP contribution < -0.4 is 5.14 Å². The number of nitrogens with zero attached hydrogens (tertiary/aromatic N) is 1. The van der Waals surface area contributed by atoms with E-state index in [-0.39, 0.29) is 12.5 Å². The van der Waals surface area contributed by atoms with Crippen LogP contribution in [0.25, 0.3) is 0 Å². The number of carbonyl (C=O) groups is 1. The maximum atomic E-state index is 14.0. The van der Waals surface area contributed by atoms with Crippen molar-refractivity contribution in [3.8, 4) is 0 Å². The third kappa shape index (κ3) is 4.20. The molecule has 0 aliphatic rings. The Balaban J connectivity index is 3.41. The molecule has 0 spiro atoms. The normalized spacial score (nSPS) is 11.5. The zero-order valence-corrected chi connectivity index (χ0v) is 12.0. The van der Waals surface area contributed by atoms with E-state index >= 15 is 0 Å². The van der Waals surface area contributed by atoms with Crippen LogP contribution in [0.2, 0.25) is 0 Å². The van der Waals surface area contributed by atoms with Gasteiger partial charge in [-0.1, -0.05) is 13.8 Å². The predicted molar refractivity (Wildman–Crippen MR) is 69.5 cm³/mol. The molecule has 116 valence electrons.